The van der Waals surface area contributed by atoms with Crippen molar-refractivity contribution >= 4 is 118 Å². The van der Waals surface area contributed by atoms with E-state index in [0.717, 1.165) is 46.7 Å². The zero-order valence-electron chi connectivity index (χ0n) is 72.9. The molecular formula is C123H97N5S. The Morgan fingerprint density at radius 1 is 0.256 bits per heavy atom. The number of hydrogen-bond donors (Lipinski definition) is 0. The minimum Gasteiger partial charge on any atom is -0.309 e. The molecule has 8 unspecified atom stereocenters. The second-order valence-electron chi connectivity index (χ2n) is 38.7. The van der Waals surface area contributed by atoms with Crippen LogP contribution in [0.5, 0.6) is 0 Å². The number of rotatable bonds is 8. The molecule has 6 heterocycles. The van der Waals surface area contributed by atoms with Crippen LogP contribution in [0, 0.1) is 0 Å². The van der Waals surface area contributed by atoms with Gasteiger partial charge >= 0.3 is 0 Å². The molecule has 0 amide bonds. The molecule has 8 atom stereocenters. The van der Waals surface area contributed by atoms with Gasteiger partial charge in [-0.05, 0) is 316 Å². The molecule has 6 aromatic heterocycles. The van der Waals surface area contributed by atoms with Crippen LogP contribution in [-0.4, -0.2) is 24.5 Å². The van der Waals surface area contributed by atoms with Gasteiger partial charge in [-0.15, -0.1) is 11.3 Å². The number of hydrogen-bond acceptors (Lipinski definition) is 5. The summed E-state index contributed by atoms with van der Waals surface area (Å²) in [5.74, 6) is 5.52. The highest BCUT2D eigenvalue weighted by atomic mass is 32.1. The fourth-order valence-corrected chi connectivity index (χ4v) is 27.9. The Morgan fingerprint density at radius 2 is 0.643 bits per heavy atom. The number of para-hydroxylation sites is 5. The van der Waals surface area contributed by atoms with Gasteiger partial charge in [0.2, 0.25) is 0 Å². The molecule has 129 heavy (non-hydrogen) atoms. The first-order chi connectivity index (χ1) is 63.8. The van der Waals surface area contributed by atoms with E-state index in [9.17, 15) is 0 Å². The quantitative estimate of drug-likeness (QED) is 0.142. The van der Waals surface area contributed by atoms with Crippen molar-refractivity contribution in [3.63, 3.8) is 0 Å². The normalized spacial score (nSPS) is 19.8. The summed E-state index contributed by atoms with van der Waals surface area (Å²) in [6, 6.07) is 123. The Morgan fingerprint density at radius 3 is 1.23 bits per heavy atom. The van der Waals surface area contributed by atoms with E-state index in [0.29, 0.717) is 35.5 Å². The first kappa shape index (κ1) is 75.6. The summed E-state index contributed by atoms with van der Waals surface area (Å²) in [6.45, 7) is 4.71. The van der Waals surface area contributed by atoms with Crippen molar-refractivity contribution in [3.8, 4) is 73.0 Å². The highest BCUT2D eigenvalue weighted by Gasteiger charge is 2.46. The van der Waals surface area contributed by atoms with Crippen molar-refractivity contribution in [3.05, 3.63) is 389 Å². The van der Waals surface area contributed by atoms with Gasteiger partial charge in [-0.25, -0.2) is 19.9 Å². The molecule has 0 saturated heterocycles. The Hall–Kier alpha value is -13.5. The molecule has 6 heteroatoms. The summed E-state index contributed by atoms with van der Waals surface area (Å²) in [6.07, 6.45) is 18.1. The van der Waals surface area contributed by atoms with E-state index in [2.05, 4.69) is 352 Å². The molecule has 0 N–H and O–H groups in total. The van der Waals surface area contributed by atoms with E-state index >= 15 is 0 Å². The monoisotopic (exact) mass is 1680 g/mol. The zero-order chi connectivity index (χ0) is 84.8. The topological polar surface area (TPSA) is 56.5 Å². The lowest BCUT2D eigenvalue weighted by molar-refractivity contribution is 0.490. The number of pyridine rings is 4. The maximum atomic E-state index is 5.36. The second kappa shape index (κ2) is 29.8. The Kier molecular flexibility index (Phi) is 17.5. The fraction of sp³-hybridized carbons (Fsp3) is 0.203. The van der Waals surface area contributed by atoms with E-state index in [1.54, 1.807) is 33.4 Å². The number of thiophene rings is 1. The van der Waals surface area contributed by atoms with Crippen molar-refractivity contribution in [1.82, 2.24) is 24.5 Å². The fourth-order valence-electron chi connectivity index (χ4n) is 26.8. The molecule has 9 aliphatic carbocycles. The predicted octanol–water partition coefficient (Wildman–Crippen LogP) is 33.6. The minimum atomic E-state index is 0.112. The predicted molar refractivity (Wildman–Crippen MR) is 541 cm³/mol. The third-order valence-electron chi connectivity index (χ3n) is 32.5. The van der Waals surface area contributed by atoms with Gasteiger partial charge in [0.15, 0.2) is 0 Å². The third kappa shape index (κ3) is 11.7. The molecule has 15 aromatic carbocycles. The van der Waals surface area contributed by atoms with Crippen LogP contribution in [0.15, 0.2) is 334 Å². The van der Waals surface area contributed by atoms with Gasteiger partial charge in [0.25, 0.3) is 0 Å². The summed E-state index contributed by atoms with van der Waals surface area (Å²) < 4.78 is 5.14. The summed E-state index contributed by atoms with van der Waals surface area (Å²) in [7, 11) is 0. The van der Waals surface area contributed by atoms with Gasteiger partial charge in [-0.2, -0.15) is 0 Å². The molecule has 4 fully saturated rings. The maximum absolute atomic E-state index is 5.36. The maximum Gasteiger partial charge on any atom is 0.0748 e. The molecule has 0 radical (unpaired) electrons. The van der Waals surface area contributed by atoms with E-state index in [1.165, 1.54) is 257 Å². The van der Waals surface area contributed by atoms with Crippen LogP contribution < -0.4 is 0 Å². The van der Waals surface area contributed by atoms with Gasteiger partial charge in [-0.1, -0.05) is 269 Å². The lowest BCUT2D eigenvalue weighted by Gasteiger charge is -2.30. The van der Waals surface area contributed by atoms with Crippen LogP contribution >= 0.6 is 11.3 Å². The zero-order valence-corrected chi connectivity index (χ0v) is 73.7. The molecule has 0 spiro atoms. The molecule has 21 aromatic rings. The van der Waals surface area contributed by atoms with E-state index in [1.807, 2.05) is 11.3 Å². The van der Waals surface area contributed by atoms with Crippen LogP contribution in [-0.2, 0) is 5.41 Å². The Labute approximate surface area is 756 Å². The second-order valence-corrected chi connectivity index (χ2v) is 39.8. The van der Waals surface area contributed by atoms with Crippen molar-refractivity contribution in [2.24, 2.45) is 0 Å². The third-order valence-corrected chi connectivity index (χ3v) is 33.6. The van der Waals surface area contributed by atoms with Crippen LogP contribution in [0.2, 0.25) is 0 Å². The molecular weight excluding hydrogens is 1580 g/mol. The van der Waals surface area contributed by atoms with E-state index < -0.39 is 0 Å². The average molecular weight is 1680 g/mol. The van der Waals surface area contributed by atoms with Crippen molar-refractivity contribution in [2.45, 2.75) is 156 Å². The van der Waals surface area contributed by atoms with Crippen LogP contribution in [0.25, 0.3) is 180 Å². The highest BCUT2D eigenvalue weighted by molar-refractivity contribution is 7.25. The van der Waals surface area contributed by atoms with Crippen LogP contribution in [0.1, 0.15) is 207 Å². The molecule has 9 aliphatic rings. The van der Waals surface area contributed by atoms with Crippen molar-refractivity contribution in [2.75, 3.05) is 0 Å². The van der Waals surface area contributed by atoms with Crippen LogP contribution in [0.3, 0.4) is 0 Å². The van der Waals surface area contributed by atoms with Gasteiger partial charge < -0.3 is 4.57 Å². The first-order valence-electron chi connectivity index (χ1n) is 47.8. The molecule has 0 aliphatic heterocycles. The van der Waals surface area contributed by atoms with Crippen molar-refractivity contribution in [1.29, 1.82) is 0 Å². The van der Waals surface area contributed by atoms with Gasteiger partial charge in [-0.3, -0.25) is 0 Å². The van der Waals surface area contributed by atoms with Gasteiger partial charge in [0, 0.05) is 85.8 Å². The summed E-state index contributed by atoms with van der Waals surface area (Å²) in [5, 5.41) is 16.0. The van der Waals surface area contributed by atoms with Crippen LogP contribution in [0.4, 0.5) is 0 Å². The molecule has 5 nitrogen and oxygen atoms in total. The Bertz CT molecular complexity index is 8250. The van der Waals surface area contributed by atoms with E-state index in [-0.39, 0.29) is 5.41 Å². The average Bonchev–Trinajstić information content (AvgIpc) is 1.50. The van der Waals surface area contributed by atoms with Gasteiger partial charge in [0.05, 0.1) is 55.9 Å². The van der Waals surface area contributed by atoms with Gasteiger partial charge in [0.1, 0.15) is 0 Å². The smallest absolute Gasteiger partial charge is 0.0748 e. The number of benzene rings is 15. The number of fused-ring (bicyclic) bond motifs is 40. The highest BCUT2D eigenvalue weighted by Crippen LogP contribution is 2.63. The SMILES string of the molecule is CCC1(CC)c2ccccc2-c2ccc(-c3nc4ccccc4c4c3C3CCC4C3)cc21.c1ccc(-c2ccc3nc(-c4ccc5ccc6ccccc6c5c4)c4c(c3c2)C2CCC4C2)cc1.c1ccc(-n2c3ccccc3c3ccc(-c4nc5ccccc5c5c4C4CCC5C4)cc32)cc1.c1ccc2c3c(c(-c4ccc5c(c4)sc4ccccc45)nc2c1)C1CCC3C1. The minimum absolute atomic E-state index is 0.112. The number of nitrogens with zero attached hydrogens (tertiary/aromatic N) is 5. The standard InChI is InChI=1S/C34H25N.C32H24N2.C31H29N.C26H19NS/c1-2-6-21(7-3-1)24-16-17-31-30(19-24)32-25-13-14-26(18-25)33(32)34(35-31)27-15-12-23-11-10-22-8-4-5-9-28(22)29(23)20-27;1-2-8-23(9-3-1)34-28-13-7-5-10-24(28)25-17-16-22(19-29(25)34)32-31-21-15-14-20(18-21)30(31)26-11-4-6-12-27(26)33-32;1-3-31(4-2)25-11-7-5-9-22(25)23-16-15-21(18-26(23)31)30-29-20-14-13-19(17-20)28(29)24-10-6-8-12-27(24)32-30;1-3-7-21-20(6-1)24-15-9-10-16(13-15)25(24)26(27-21)17-11-12-19-18-5-2-4-8-22(18)28-23(19)14-17/h1-12,15-17,19-20,25-26H,13-14,18H2;1-13,16-17,19-21H,14-15,18H2;5-12,15-16,18-20H,3-4,13-14,17H2,1-2H3;1-8,11-12,14-16H,9-10,13H2. The van der Waals surface area contributed by atoms with E-state index in [4.69, 9.17) is 19.9 Å². The molecule has 8 bridgehead atoms. The number of aromatic nitrogens is 5. The Balaban J connectivity index is 0.0000000889. The molecule has 620 valence electrons. The first-order valence-corrected chi connectivity index (χ1v) is 48.6. The molecule has 4 saturated carbocycles. The lowest BCUT2D eigenvalue weighted by Crippen LogP contribution is -2.23. The molecule has 30 rings (SSSR count). The summed E-state index contributed by atoms with van der Waals surface area (Å²) in [5.41, 5.74) is 39.4. The summed E-state index contributed by atoms with van der Waals surface area (Å²) >= 11 is 1.89. The summed E-state index contributed by atoms with van der Waals surface area (Å²) in [4.78, 5) is 21.2. The van der Waals surface area contributed by atoms with Crippen molar-refractivity contribution < 1.29 is 0 Å². The largest absolute Gasteiger partial charge is 0.309 e. The lowest BCUT2D eigenvalue weighted by atomic mass is 9.73.